The molecular formula is C19H32N2O3. The van der Waals surface area contributed by atoms with Crippen LogP contribution in [0.5, 0.6) is 0 Å². The van der Waals surface area contributed by atoms with Crippen LogP contribution in [0.2, 0.25) is 0 Å². The molecule has 1 aromatic rings. The van der Waals surface area contributed by atoms with Crippen LogP contribution < -0.4 is 0 Å². The molecule has 1 aliphatic carbocycles. The van der Waals surface area contributed by atoms with Gasteiger partial charge in [0.2, 0.25) is 0 Å². The quantitative estimate of drug-likeness (QED) is 0.799. The molecule has 2 heterocycles. The summed E-state index contributed by atoms with van der Waals surface area (Å²) in [4.78, 5) is 5.03. The standard InChI is InChI=1S/C19H32N2O3/c22-11-8-17-13-20(14-18-6-7-19(15-23)24-18)9-10-21(17)12-16-4-2-1-3-5-16/h6-7,16-17,22-23H,1-5,8-15H2/t17-/m0/s1. The molecule has 1 atom stereocenters. The molecule has 2 fully saturated rings. The molecule has 0 spiro atoms. The molecule has 0 unspecified atom stereocenters. The molecule has 24 heavy (non-hydrogen) atoms. The highest BCUT2D eigenvalue weighted by Crippen LogP contribution is 2.26. The fraction of sp³-hybridized carbons (Fsp3) is 0.789. The third kappa shape index (κ3) is 4.82. The van der Waals surface area contributed by atoms with E-state index in [1.165, 1.54) is 38.6 Å². The predicted molar refractivity (Wildman–Crippen MR) is 93.5 cm³/mol. The Labute approximate surface area is 145 Å². The minimum Gasteiger partial charge on any atom is -0.462 e. The number of piperazine rings is 1. The van der Waals surface area contributed by atoms with Gasteiger partial charge in [-0.05, 0) is 37.3 Å². The van der Waals surface area contributed by atoms with Gasteiger partial charge >= 0.3 is 0 Å². The molecule has 3 rings (SSSR count). The van der Waals surface area contributed by atoms with Crippen LogP contribution in [0.4, 0.5) is 0 Å². The SMILES string of the molecule is OCC[C@H]1CN(Cc2ccc(CO)o2)CCN1CC1CCCCC1. The summed E-state index contributed by atoms with van der Waals surface area (Å²) in [5.74, 6) is 2.40. The number of nitrogens with zero attached hydrogens (tertiary/aromatic N) is 2. The highest BCUT2D eigenvalue weighted by atomic mass is 16.4. The van der Waals surface area contributed by atoms with Gasteiger partial charge in [0.1, 0.15) is 18.1 Å². The zero-order valence-electron chi connectivity index (χ0n) is 14.7. The van der Waals surface area contributed by atoms with E-state index in [4.69, 9.17) is 9.52 Å². The van der Waals surface area contributed by atoms with Gasteiger partial charge in [0.15, 0.2) is 0 Å². The molecular weight excluding hydrogens is 304 g/mol. The van der Waals surface area contributed by atoms with E-state index in [1.54, 1.807) is 0 Å². The summed E-state index contributed by atoms with van der Waals surface area (Å²) in [7, 11) is 0. The lowest BCUT2D eigenvalue weighted by Crippen LogP contribution is -2.54. The number of aliphatic hydroxyl groups excluding tert-OH is 2. The van der Waals surface area contributed by atoms with Gasteiger partial charge in [-0.3, -0.25) is 9.80 Å². The Hall–Kier alpha value is -0.880. The van der Waals surface area contributed by atoms with Gasteiger partial charge in [-0.15, -0.1) is 0 Å². The van der Waals surface area contributed by atoms with E-state index in [-0.39, 0.29) is 13.2 Å². The van der Waals surface area contributed by atoms with Crippen LogP contribution in [-0.2, 0) is 13.2 Å². The second kappa shape index (κ2) is 8.99. The minimum absolute atomic E-state index is 0.0394. The highest BCUT2D eigenvalue weighted by Gasteiger charge is 2.29. The van der Waals surface area contributed by atoms with Crippen molar-refractivity contribution in [2.75, 3.05) is 32.8 Å². The van der Waals surface area contributed by atoms with Crippen LogP contribution in [0.3, 0.4) is 0 Å². The van der Waals surface area contributed by atoms with Crippen LogP contribution in [0.15, 0.2) is 16.5 Å². The Morgan fingerprint density at radius 1 is 1.04 bits per heavy atom. The van der Waals surface area contributed by atoms with Crippen molar-refractivity contribution < 1.29 is 14.6 Å². The molecule has 0 radical (unpaired) electrons. The van der Waals surface area contributed by atoms with E-state index >= 15 is 0 Å². The third-order valence-electron chi connectivity index (χ3n) is 5.62. The summed E-state index contributed by atoms with van der Waals surface area (Å²) in [6.07, 6.45) is 7.79. The Bertz CT molecular complexity index is 485. The highest BCUT2D eigenvalue weighted by molar-refractivity contribution is 5.06. The first-order valence-corrected chi connectivity index (χ1v) is 9.54. The van der Waals surface area contributed by atoms with Crippen molar-refractivity contribution in [3.05, 3.63) is 23.7 Å². The van der Waals surface area contributed by atoms with Crippen molar-refractivity contribution in [1.82, 2.24) is 9.80 Å². The van der Waals surface area contributed by atoms with E-state index in [9.17, 15) is 5.11 Å². The van der Waals surface area contributed by atoms with E-state index in [0.717, 1.165) is 44.3 Å². The van der Waals surface area contributed by atoms with Gasteiger partial charge in [-0.2, -0.15) is 0 Å². The van der Waals surface area contributed by atoms with Crippen molar-refractivity contribution in [3.63, 3.8) is 0 Å². The molecule has 0 bridgehead atoms. The molecule has 1 aromatic heterocycles. The normalized spacial score (nSPS) is 24.5. The van der Waals surface area contributed by atoms with Gasteiger partial charge in [0, 0.05) is 38.8 Å². The molecule has 5 nitrogen and oxygen atoms in total. The molecule has 1 saturated heterocycles. The average Bonchev–Trinajstić information content (AvgIpc) is 3.06. The monoisotopic (exact) mass is 336 g/mol. The summed E-state index contributed by atoms with van der Waals surface area (Å²) in [5.41, 5.74) is 0. The first-order valence-electron chi connectivity index (χ1n) is 9.54. The fourth-order valence-corrected chi connectivity index (χ4v) is 4.28. The maximum atomic E-state index is 9.46. The first kappa shape index (κ1) is 17.9. The van der Waals surface area contributed by atoms with E-state index in [0.29, 0.717) is 11.8 Å². The smallest absolute Gasteiger partial charge is 0.129 e. The van der Waals surface area contributed by atoms with Crippen LogP contribution in [0, 0.1) is 5.92 Å². The van der Waals surface area contributed by atoms with E-state index in [1.807, 2.05) is 12.1 Å². The van der Waals surface area contributed by atoms with Crippen LogP contribution in [-0.4, -0.2) is 58.8 Å². The molecule has 2 aliphatic rings. The fourth-order valence-electron chi connectivity index (χ4n) is 4.28. The lowest BCUT2D eigenvalue weighted by atomic mass is 9.88. The molecule has 1 saturated carbocycles. The summed E-state index contributed by atoms with van der Waals surface area (Å²) in [6, 6.07) is 4.25. The van der Waals surface area contributed by atoms with Gasteiger partial charge in [-0.1, -0.05) is 19.3 Å². The number of rotatable bonds is 7. The van der Waals surface area contributed by atoms with E-state index < -0.39 is 0 Å². The van der Waals surface area contributed by atoms with Crippen molar-refractivity contribution in [2.45, 2.75) is 57.7 Å². The maximum Gasteiger partial charge on any atom is 0.129 e. The Kier molecular flexibility index (Phi) is 6.72. The Morgan fingerprint density at radius 2 is 1.83 bits per heavy atom. The number of hydrogen-bond donors (Lipinski definition) is 2. The zero-order chi connectivity index (χ0) is 16.8. The molecule has 0 aromatic carbocycles. The summed E-state index contributed by atoms with van der Waals surface area (Å²) < 4.78 is 5.62. The topological polar surface area (TPSA) is 60.1 Å². The predicted octanol–water partition coefficient (Wildman–Crippen LogP) is 2.22. The van der Waals surface area contributed by atoms with Crippen molar-refractivity contribution in [2.24, 2.45) is 5.92 Å². The van der Waals surface area contributed by atoms with Gasteiger partial charge in [-0.25, -0.2) is 0 Å². The van der Waals surface area contributed by atoms with Crippen LogP contribution in [0.1, 0.15) is 50.0 Å². The minimum atomic E-state index is -0.0394. The van der Waals surface area contributed by atoms with Crippen LogP contribution in [0.25, 0.3) is 0 Å². The van der Waals surface area contributed by atoms with Crippen LogP contribution >= 0.6 is 0 Å². The molecule has 5 heteroatoms. The molecule has 1 aliphatic heterocycles. The number of furan rings is 1. The van der Waals surface area contributed by atoms with E-state index in [2.05, 4.69) is 9.80 Å². The average molecular weight is 336 g/mol. The number of aliphatic hydroxyl groups is 2. The van der Waals surface area contributed by atoms with Crippen molar-refractivity contribution in [3.8, 4) is 0 Å². The van der Waals surface area contributed by atoms with Crippen molar-refractivity contribution in [1.29, 1.82) is 0 Å². The lowest BCUT2D eigenvalue weighted by Gasteiger charge is -2.43. The van der Waals surface area contributed by atoms with Crippen molar-refractivity contribution >= 4 is 0 Å². The Balaban J connectivity index is 1.53. The summed E-state index contributed by atoms with van der Waals surface area (Å²) >= 11 is 0. The van der Waals surface area contributed by atoms with Gasteiger partial charge in [0.05, 0.1) is 6.54 Å². The zero-order valence-corrected chi connectivity index (χ0v) is 14.7. The second-order valence-corrected chi connectivity index (χ2v) is 7.43. The molecule has 0 amide bonds. The third-order valence-corrected chi connectivity index (χ3v) is 5.62. The summed E-state index contributed by atoms with van der Waals surface area (Å²) in [6.45, 7) is 5.32. The largest absolute Gasteiger partial charge is 0.462 e. The maximum absolute atomic E-state index is 9.46. The van der Waals surface area contributed by atoms with Gasteiger partial charge < -0.3 is 14.6 Å². The first-order chi connectivity index (χ1) is 11.8. The molecule has 136 valence electrons. The van der Waals surface area contributed by atoms with Gasteiger partial charge in [0.25, 0.3) is 0 Å². The number of hydrogen-bond acceptors (Lipinski definition) is 5. The molecule has 2 N–H and O–H groups in total. The second-order valence-electron chi connectivity index (χ2n) is 7.43. The lowest BCUT2D eigenvalue weighted by molar-refractivity contribution is 0.0370. The summed E-state index contributed by atoms with van der Waals surface area (Å²) in [5, 5.41) is 18.6. The Morgan fingerprint density at radius 3 is 2.54 bits per heavy atom.